The molecule has 10 heteroatoms. The largest absolute Gasteiger partial charge is 0.467 e. The monoisotopic (exact) mass is 498 g/mol. The van der Waals surface area contributed by atoms with Crippen LogP contribution in [0.25, 0.3) is 17.0 Å². The summed E-state index contributed by atoms with van der Waals surface area (Å²) in [5, 5.41) is 11.9. The summed E-state index contributed by atoms with van der Waals surface area (Å²) in [5.41, 5.74) is 1.95. The van der Waals surface area contributed by atoms with Crippen molar-refractivity contribution < 1.29 is 19.2 Å². The van der Waals surface area contributed by atoms with Crippen LogP contribution in [0.5, 0.6) is 5.75 Å². The standard InChI is InChI=1S/C27H22N4O6/c32-25(11-10-19-12-21(31(34)35)13-20-16-36-17-37-26(19)20)30(14-18-6-2-1-3-7-18)15-24-28-23-9-5-4-8-22(23)27(33)29-24/h1-13H,14-17H2,(H,28,29,33)/b11-10+. The molecule has 0 radical (unpaired) electrons. The molecule has 1 aromatic heterocycles. The van der Waals surface area contributed by atoms with Crippen LogP contribution < -0.4 is 10.3 Å². The van der Waals surface area contributed by atoms with Gasteiger partial charge in [-0.1, -0.05) is 42.5 Å². The van der Waals surface area contributed by atoms with Gasteiger partial charge in [-0.05, 0) is 23.8 Å². The maximum Gasteiger partial charge on any atom is 0.270 e. The van der Waals surface area contributed by atoms with Gasteiger partial charge in [0.2, 0.25) is 5.91 Å². The molecule has 0 bridgehead atoms. The Morgan fingerprint density at radius 1 is 1.11 bits per heavy atom. The first kappa shape index (κ1) is 23.9. The van der Waals surface area contributed by atoms with Crippen molar-refractivity contribution in [3.05, 3.63) is 116 Å². The fourth-order valence-electron chi connectivity index (χ4n) is 4.13. The summed E-state index contributed by atoms with van der Waals surface area (Å²) in [6, 6.07) is 19.2. The topological polar surface area (TPSA) is 128 Å². The highest BCUT2D eigenvalue weighted by Gasteiger charge is 2.21. The molecule has 3 aromatic carbocycles. The lowest BCUT2D eigenvalue weighted by molar-refractivity contribution is -0.385. The summed E-state index contributed by atoms with van der Waals surface area (Å²) in [6.07, 6.45) is 2.83. The van der Waals surface area contributed by atoms with Gasteiger partial charge >= 0.3 is 0 Å². The summed E-state index contributed by atoms with van der Waals surface area (Å²) in [5.74, 6) is 0.414. The number of non-ortho nitro benzene ring substituents is 1. The van der Waals surface area contributed by atoms with Crippen LogP contribution in [0.4, 0.5) is 5.69 Å². The second-order valence-electron chi connectivity index (χ2n) is 8.43. The first-order valence-corrected chi connectivity index (χ1v) is 11.5. The van der Waals surface area contributed by atoms with E-state index in [9.17, 15) is 19.7 Å². The molecule has 0 unspecified atom stereocenters. The Kier molecular flexibility index (Phi) is 6.73. The lowest BCUT2D eigenvalue weighted by atomic mass is 10.1. The molecule has 10 nitrogen and oxygen atoms in total. The number of fused-ring (bicyclic) bond motifs is 2. The minimum absolute atomic E-state index is 0.0146. The van der Waals surface area contributed by atoms with Gasteiger partial charge in [-0.2, -0.15) is 0 Å². The molecule has 1 aliphatic heterocycles. The molecule has 2 heterocycles. The molecule has 0 saturated carbocycles. The predicted molar refractivity (Wildman–Crippen MR) is 135 cm³/mol. The Hall–Kier alpha value is -4.83. The molecule has 37 heavy (non-hydrogen) atoms. The molecule has 186 valence electrons. The summed E-state index contributed by atoms with van der Waals surface area (Å²) in [6.45, 7) is 0.501. The van der Waals surface area contributed by atoms with Crippen LogP contribution in [0.1, 0.15) is 22.5 Å². The van der Waals surface area contributed by atoms with Crippen LogP contribution in [0.15, 0.2) is 77.6 Å². The van der Waals surface area contributed by atoms with Gasteiger partial charge in [-0.25, -0.2) is 4.98 Å². The zero-order valence-corrected chi connectivity index (χ0v) is 19.6. The Balaban J connectivity index is 1.47. The molecule has 0 spiro atoms. The molecule has 0 aliphatic carbocycles. The van der Waals surface area contributed by atoms with Gasteiger partial charge in [0.05, 0.1) is 29.0 Å². The van der Waals surface area contributed by atoms with Crippen molar-refractivity contribution in [1.82, 2.24) is 14.9 Å². The molecule has 0 saturated heterocycles. The molecular formula is C27H22N4O6. The van der Waals surface area contributed by atoms with Crippen LogP contribution in [-0.4, -0.2) is 32.5 Å². The van der Waals surface area contributed by atoms with E-state index in [1.165, 1.54) is 29.2 Å². The highest BCUT2D eigenvalue weighted by molar-refractivity contribution is 5.92. The van der Waals surface area contributed by atoms with Gasteiger partial charge in [0.25, 0.3) is 11.2 Å². The van der Waals surface area contributed by atoms with Gasteiger partial charge in [-0.3, -0.25) is 19.7 Å². The second kappa shape index (κ2) is 10.4. The lowest BCUT2D eigenvalue weighted by Gasteiger charge is -2.21. The Morgan fingerprint density at radius 3 is 2.70 bits per heavy atom. The van der Waals surface area contributed by atoms with E-state index < -0.39 is 4.92 Å². The number of H-pyrrole nitrogens is 1. The quantitative estimate of drug-likeness (QED) is 0.232. The first-order valence-electron chi connectivity index (χ1n) is 11.5. The highest BCUT2D eigenvalue weighted by Crippen LogP contribution is 2.33. The van der Waals surface area contributed by atoms with E-state index in [2.05, 4.69) is 9.97 Å². The van der Waals surface area contributed by atoms with Gasteiger partial charge in [0, 0.05) is 35.9 Å². The van der Waals surface area contributed by atoms with Crippen molar-refractivity contribution in [1.29, 1.82) is 0 Å². The third-order valence-electron chi connectivity index (χ3n) is 5.87. The van der Waals surface area contributed by atoms with E-state index in [0.717, 1.165) is 5.56 Å². The number of aromatic nitrogens is 2. The fraction of sp³-hybridized carbons (Fsp3) is 0.148. The van der Waals surface area contributed by atoms with Gasteiger partial charge < -0.3 is 19.4 Å². The molecule has 4 aromatic rings. The van der Waals surface area contributed by atoms with Gasteiger partial charge in [0.1, 0.15) is 11.6 Å². The maximum atomic E-state index is 13.4. The SMILES string of the molecule is O=C(/C=C/c1cc([N+](=O)[O-])cc2c1OCOC2)N(Cc1ccccc1)Cc1nc2ccccc2c(=O)[nH]1. The molecule has 1 aliphatic rings. The third kappa shape index (κ3) is 5.39. The third-order valence-corrected chi connectivity index (χ3v) is 5.87. The Bertz CT molecular complexity index is 1560. The number of hydrogen-bond acceptors (Lipinski definition) is 7. The van der Waals surface area contributed by atoms with E-state index in [4.69, 9.17) is 9.47 Å². The van der Waals surface area contributed by atoms with E-state index in [1.54, 1.807) is 24.3 Å². The molecule has 0 atom stereocenters. The van der Waals surface area contributed by atoms with Crippen molar-refractivity contribution in [3.8, 4) is 5.75 Å². The maximum absolute atomic E-state index is 13.4. The minimum atomic E-state index is -0.502. The number of para-hydroxylation sites is 1. The van der Waals surface area contributed by atoms with E-state index >= 15 is 0 Å². The zero-order valence-electron chi connectivity index (χ0n) is 19.6. The van der Waals surface area contributed by atoms with Crippen LogP contribution in [0.2, 0.25) is 0 Å². The molecule has 1 N–H and O–H groups in total. The molecule has 5 rings (SSSR count). The van der Waals surface area contributed by atoms with E-state index in [1.807, 2.05) is 30.3 Å². The zero-order chi connectivity index (χ0) is 25.8. The van der Waals surface area contributed by atoms with Crippen LogP contribution in [0.3, 0.4) is 0 Å². The Morgan fingerprint density at radius 2 is 1.89 bits per heavy atom. The number of nitro benzene ring substituents is 1. The predicted octanol–water partition coefficient (Wildman–Crippen LogP) is 3.94. The molecule has 1 amide bonds. The van der Waals surface area contributed by atoms with Gasteiger partial charge in [-0.15, -0.1) is 0 Å². The molecule has 0 fully saturated rings. The number of benzene rings is 3. The number of nitrogens with zero attached hydrogens (tertiary/aromatic N) is 3. The fourth-order valence-corrected chi connectivity index (χ4v) is 4.13. The molecular weight excluding hydrogens is 476 g/mol. The van der Waals surface area contributed by atoms with Crippen molar-refractivity contribution in [2.45, 2.75) is 19.7 Å². The summed E-state index contributed by atoms with van der Waals surface area (Å²) < 4.78 is 10.8. The van der Waals surface area contributed by atoms with Crippen molar-refractivity contribution >= 4 is 28.6 Å². The van der Waals surface area contributed by atoms with Crippen molar-refractivity contribution in [3.63, 3.8) is 0 Å². The number of hydrogen-bond donors (Lipinski definition) is 1. The first-order chi connectivity index (χ1) is 18.0. The average molecular weight is 498 g/mol. The number of rotatable bonds is 7. The number of nitro groups is 1. The van der Waals surface area contributed by atoms with Crippen molar-refractivity contribution in [2.75, 3.05) is 6.79 Å². The summed E-state index contributed by atoms with van der Waals surface area (Å²) in [4.78, 5) is 45.7. The lowest BCUT2D eigenvalue weighted by Crippen LogP contribution is -2.30. The number of carbonyl (C=O) groups excluding carboxylic acids is 1. The average Bonchev–Trinajstić information content (AvgIpc) is 2.91. The van der Waals surface area contributed by atoms with Crippen LogP contribution >= 0.6 is 0 Å². The number of amides is 1. The normalized spacial score (nSPS) is 12.8. The summed E-state index contributed by atoms with van der Waals surface area (Å²) >= 11 is 0. The number of nitrogens with one attached hydrogen (secondary N) is 1. The van der Waals surface area contributed by atoms with Crippen LogP contribution in [0, 0.1) is 10.1 Å². The Labute approximate surface area is 210 Å². The highest BCUT2D eigenvalue weighted by atomic mass is 16.7. The second-order valence-corrected chi connectivity index (χ2v) is 8.43. The number of carbonyl (C=O) groups is 1. The van der Waals surface area contributed by atoms with E-state index in [-0.39, 0.29) is 43.6 Å². The van der Waals surface area contributed by atoms with Crippen LogP contribution in [-0.2, 0) is 29.2 Å². The smallest absolute Gasteiger partial charge is 0.270 e. The minimum Gasteiger partial charge on any atom is -0.467 e. The van der Waals surface area contributed by atoms with E-state index in [0.29, 0.717) is 33.6 Å². The summed E-state index contributed by atoms with van der Waals surface area (Å²) in [7, 11) is 0. The number of ether oxygens (including phenoxy) is 2. The van der Waals surface area contributed by atoms with Crippen molar-refractivity contribution in [2.24, 2.45) is 0 Å². The van der Waals surface area contributed by atoms with Gasteiger partial charge in [0.15, 0.2) is 6.79 Å². The number of aromatic amines is 1.